The Balaban J connectivity index is 1.41. The van der Waals surface area contributed by atoms with Crippen LogP contribution in [-0.2, 0) is 38.6 Å². The largest absolute Gasteiger partial charge is 0.481 e. The van der Waals surface area contributed by atoms with Crippen LogP contribution in [0.15, 0.2) is 11.6 Å². The highest BCUT2D eigenvalue weighted by Crippen LogP contribution is 2.75. The Morgan fingerprint density at radius 1 is 1.04 bits per heavy atom. The number of nitrogens with two attached hydrogens (primary N) is 1. The van der Waals surface area contributed by atoms with Crippen LogP contribution in [0, 0.1) is 56.7 Å². The van der Waals surface area contributed by atoms with Crippen molar-refractivity contribution in [2.24, 2.45) is 62.4 Å². The SMILES string of the molecule is CCCS(=O)(=O)NCCCCC(N)C(=O)O[C@H]1[C@H](OC(C)=O)C[C@@]23COC[C@]1(C)[C@@H]2CC[C@H]1C3=CC[C@@]2(C)[C@H](C(=O)O)[C@@](C)([C@H](C)C(C)C)CC[C@]12C. The summed E-state index contributed by atoms with van der Waals surface area (Å²) in [6.07, 6.45) is 7.53. The molecule has 0 amide bonds. The number of hydrogen-bond donors (Lipinski definition) is 3. The van der Waals surface area contributed by atoms with Crippen LogP contribution in [0.1, 0.15) is 127 Å². The molecular formula is C41H68N2O9S. The lowest BCUT2D eigenvalue weighted by Gasteiger charge is -2.71. The number of ether oxygens (including phenoxy) is 3. The van der Waals surface area contributed by atoms with Gasteiger partial charge in [-0.3, -0.25) is 14.4 Å². The van der Waals surface area contributed by atoms with Gasteiger partial charge in [-0.05, 0) is 97.7 Å². The molecule has 0 aromatic carbocycles. The highest BCUT2D eigenvalue weighted by Gasteiger charge is 2.72. The molecule has 0 radical (unpaired) electrons. The molecule has 11 nitrogen and oxygen atoms in total. The molecule has 12 heteroatoms. The second-order valence-corrected chi connectivity index (χ2v) is 20.8. The van der Waals surface area contributed by atoms with Crippen molar-refractivity contribution in [2.45, 2.75) is 145 Å². The van der Waals surface area contributed by atoms with E-state index in [0.717, 1.165) is 25.7 Å². The molecule has 3 saturated carbocycles. The van der Waals surface area contributed by atoms with Crippen LogP contribution in [0.3, 0.4) is 0 Å². The molecule has 5 rings (SSSR count). The number of esters is 2. The van der Waals surface area contributed by atoms with Gasteiger partial charge in [-0.25, -0.2) is 13.1 Å². The van der Waals surface area contributed by atoms with Crippen molar-refractivity contribution in [3.63, 3.8) is 0 Å². The van der Waals surface area contributed by atoms with Crippen molar-refractivity contribution in [3.05, 3.63) is 11.6 Å². The summed E-state index contributed by atoms with van der Waals surface area (Å²) in [5, 5.41) is 11.0. The summed E-state index contributed by atoms with van der Waals surface area (Å²) in [4.78, 5) is 39.7. The molecular weight excluding hydrogens is 697 g/mol. The molecule has 0 spiro atoms. The van der Waals surface area contributed by atoms with Crippen molar-refractivity contribution < 1.29 is 42.1 Å². The third-order valence-corrected chi connectivity index (χ3v) is 17.3. The number of hydrogen-bond acceptors (Lipinski definition) is 9. The van der Waals surface area contributed by atoms with Crippen LogP contribution < -0.4 is 10.5 Å². The van der Waals surface area contributed by atoms with Gasteiger partial charge >= 0.3 is 17.9 Å². The molecule has 12 atom stereocenters. The van der Waals surface area contributed by atoms with Crippen LogP contribution >= 0.6 is 0 Å². The Kier molecular flexibility index (Phi) is 12.0. The van der Waals surface area contributed by atoms with Gasteiger partial charge in [-0.2, -0.15) is 0 Å². The number of sulfonamides is 1. The fraction of sp³-hybridized carbons (Fsp3) is 0.878. The summed E-state index contributed by atoms with van der Waals surface area (Å²) in [6.45, 7) is 19.8. The smallest absolute Gasteiger partial charge is 0.323 e. The van der Waals surface area contributed by atoms with Crippen LogP contribution in [0.2, 0.25) is 0 Å². The highest BCUT2D eigenvalue weighted by molar-refractivity contribution is 7.89. The van der Waals surface area contributed by atoms with Crippen molar-refractivity contribution in [3.8, 4) is 0 Å². The fourth-order valence-corrected chi connectivity index (χ4v) is 13.6. The maximum atomic E-state index is 13.6. The van der Waals surface area contributed by atoms with Crippen LogP contribution in [0.5, 0.6) is 0 Å². The van der Waals surface area contributed by atoms with Crippen molar-refractivity contribution >= 4 is 27.9 Å². The summed E-state index contributed by atoms with van der Waals surface area (Å²) in [5.74, 6) is -1.25. The first-order chi connectivity index (χ1) is 24.6. The molecule has 1 aliphatic heterocycles. The van der Waals surface area contributed by atoms with E-state index in [9.17, 15) is 27.9 Å². The number of carboxylic acids is 1. The quantitative estimate of drug-likeness (QED) is 0.104. The zero-order chi connectivity index (χ0) is 39.4. The first-order valence-corrected chi connectivity index (χ1v) is 21.9. The second kappa shape index (κ2) is 15.1. The number of unbranched alkanes of at least 4 members (excludes halogenated alkanes) is 1. The topological polar surface area (TPSA) is 171 Å². The molecule has 1 unspecified atom stereocenters. The molecule has 4 aliphatic carbocycles. The second-order valence-electron chi connectivity index (χ2n) is 18.9. The normalized spacial score (nSPS) is 40.5. The van der Waals surface area contributed by atoms with Crippen LogP contribution in [-0.4, -0.2) is 75.2 Å². The number of rotatable bonds is 14. The van der Waals surface area contributed by atoms with Gasteiger partial charge in [0.05, 0.1) is 24.9 Å². The molecule has 0 aromatic heterocycles. The third-order valence-electron chi connectivity index (χ3n) is 15.7. The van der Waals surface area contributed by atoms with Gasteiger partial charge in [0.1, 0.15) is 18.2 Å². The number of carbonyl (C=O) groups excluding carboxylic acids is 2. The summed E-state index contributed by atoms with van der Waals surface area (Å²) in [6, 6.07) is -0.910. The molecule has 2 bridgehead atoms. The van der Waals surface area contributed by atoms with Gasteiger partial charge in [-0.1, -0.05) is 73.5 Å². The first kappa shape index (κ1) is 42.1. The minimum Gasteiger partial charge on any atom is -0.481 e. The Hall–Kier alpha value is -2.02. The van der Waals surface area contributed by atoms with E-state index >= 15 is 0 Å². The van der Waals surface area contributed by atoms with E-state index in [2.05, 4.69) is 59.3 Å². The number of fused-ring (bicyclic) bond motifs is 3. The molecule has 53 heavy (non-hydrogen) atoms. The maximum absolute atomic E-state index is 13.6. The monoisotopic (exact) mass is 764 g/mol. The number of allylic oxidation sites excluding steroid dienone is 1. The van der Waals surface area contributed by atoms with Gasteiger partial charge in [0.25, 0.3) is 0 Å². The molecule has 4 fully saturated rings. The summed E-state index contributed by atoms with van der Waals surface area (Å²) < 4.78 is 45.4. The predicted molar refractivity (Wildman–Crippen MR) is 203 cm³/mol. The minimum absolute atomic E-state index is 0.0770. The van der Waals surface area contributed by atoms with E-state index in [0.29, 0.717) is 57.7 Å². The highest BCUT2D eigenvalue weighted by atomic mass is 32.2. The molecule has 1 heterocycles. The fourth-order valence-electron chi connectivity index (χ4n) is 12.5. The van der Waals surface area contributed by atoms with E-state index in [1.807, 2.05) is 6.92 Å². The van der Waals surface area contributed by atoms with E-state index in [1.165, 1.54) is 12.5 Å². The summed E-state index contributed by atoms with van der Waals surface area (Å²) >= 11 is 0. The number of carboxylic acid groups (broad SMARTS) is 1. The van der Waals surface area contributed by atoms with Gasteiger partial charge in [0.2, 0.25) is 10.0 Å². The summed E-state index contributed by atoms with van der Waals surface area (Å²) in [5.41, 5.74) is 5.53. The van der Waals surface area contributed by atoms with E-state index in [-0.39, 0.29) is 40.9 Å². The Bertz CT molecular complexity index is 1550. The molecule has 5 aliphatic rings. The Morgan fingerprint density at radius 2 is 1.74 bits per heavy atom. The van der Waals surface area contributed by atoms with Gasteiger partial charge in [0.15, 0.2) is 0 Å². The molecule has 1 saturated heterocycles. The standard InChI is InChI=1S/C41H68N2O9S/c1-10-21-53(48,49)43-20-12-11-13-30(42)36(47)52-34-31(51-27(5)44)22-41-24-50-23-38(34,7)32(41)15-14-28-29(41)16-17-40(9)33(35(45)46)37(6,26(4)25(2)3)18-19-39(28,40)8/h16,25-26,28,30-34,43H,10-15,17-24,42H2,1-9H3,(H,45,46)/t26-,28+,30?,31-,32+,33-,34+,37-,38-,39-,40+,41+/m1/s1. The summed E-state index contributed by atoms with van der Waals surface area (Å²) in [7, 11) is -3.30. The molecule has 302 valence electrons. The van der Waals surface area contributed by atoms with Crippen LogP contribution in [0.4, 0.5) is 0 Å². The van der Waals surface area contributed by atoms with E-state index < -0.39 is 68.3 Å². The first-order valence-electron chi connectivity index (χ1n) is 20.2. The Morgan fingerprint density at radius 3 is 2.36 bits per heavy atom. The van der Waals surface area contributed by atoms with Crippen LogP contribution in [0.25, 0.3) is 0 Å². The zero-order valence-corrected chi connectivity index (χ0v) is 34.6. The number of aliphatic carboxylic acids is 1. The number of carbonyl (C=O) groups is 3. The van der Waals surface area contributed by atoms with Gasteiger partial charge in [0, 0.05) is 24.3 Å². The van der Waals surface area contributed by atoms with E-state index in [4.69, 9.17) is 19.9 Å². The Labute approximate surface area is 318 Å². The lowest BCUT2D eigenvalue weighted by atomic mass is 9.34. The predicted octanol–water partition coefficient (Wildman–Crippen LogP) is 6.25. The average molecular weight is 765 g/mol. The molecule has 4 N–H and O–H groups in total. The lowest BCUT2D eigenvalue weighted by molar-refractivity contribution is -0.263. The van der Waals surface area contributed by atoms with Crippen molar-refractivity contribution in [2.75, 3.05) is 25.5 Å². The van der Waals surface area contributed by atoms with Crippen molar-refractivity contribution in [1.82, 2.24) is 4.72 Å². The number of nitrogens with one attached hydrogen (secondary N) is 1. The van der Waals surface area contributed by atoms with Gasteiger partial charge in [-0.15, -0.1) is 0 Å². The lowest BCUT2D eigenvalue weighted by Crippen LogP contribution is -2.70. The molecule has 0 aromatic rings. The van der Waals surface area contributed by atoms with Gasteiger partial charge < -0.3 is 25.1 Å². The minimum atomic E-state index is -3.30. The zero-order valence-electron chi connectivity index (χ0n) is 33.8. The third kappa shape index (κ3) is 7.14. The average Bonchev–Trinajstić information content (AvgIpc) is 3.05. The van der Waals surface area contributed by atoms with E-state index in [1.54, 1.807) is 0 Å². The maximum Gasteiger partial charge on any atom is 0.323 e. The van der Waals surface area contributed by atoms with Crippen molar-refractivity contribution in [1.29, 1.82) is 0 Å².